The molecule has 1 atom stereocenters. The summed E-state index contributed by atoms with van der Waals surface area (Å²) in [6.07, 6.45) is 5.71. The van der Waals surface area contributed by atoms with Gasteiger partial charge in [0, 0.05) is 37.4 Å². The number of nitrogens with one attached hydrogen (secondary N) is 2. The van der Waals surface area contributed by atoms with Gasteiger partial charge in [-0.15, -0.1) is 0 Å². The van der Waals surface area contributed by atoms with Gasteiger partial charge in [0.2, 0.25) is 5.91 Å². The lowest BCUT2D eigenvalue weighted by atomic mass is 9.86. The minimum absolute atomic E-state index is 0.00973. The summed E-state index contributed by atoms with van der Waals surface area (Å²) in [4.78, 5) is 26.9. The summed E-state index contributed by atoms with van der Waals surface area (Å²) in [5, 5.41) is 20.6. The first-order valence-electron chi connectivity index (χ1n) is 15.5. The summed E-state index contributed by atoms with van der Waals surface area (Å²) < 4.78 is 13.4. The lowest BCUT2D eigenvalue weighted by Gasteiger charge is -2.38. The van der Waals surface area contributed by atoms with Crippen LogP contribution in [0.1, 0.15) is 52.2 Å². The molecule has 1 aliphatic heterocycles. The van der Waals surface area contributed by atoms with E-state index in [1.807, 2.05) is 21.8 Å². The van der Waals surface area contributed by atoms with Gasteiger partial charge in [-0.2, -0.15) is 5.10 Å². The first kappa shape index (κ1) is 33.0. The second-order valence-corrected chi connectivity index (χ2v) is 12.3. The molecule has 2 heterocycles. The Morgan fingerprint density at radius 2 is 2.00 bits per heavy atom. The summed E-state index contributed by atoms with van der Waals surface area (Å²) in [6, 6.07) is 11.9. The van der Waals surface area contributed by atoms with Crippen LogP contribution in [0.5, 0.6) is 11.5 Å². The number of hydrogen-bond acceptors (Lipinski definition) is 7. The number of benzene rings is 2. The van der Waals surface area contributed by atoms with Gasteiger partial charge in [-0.1, -0.05) is 51.1 Å². The molecular weight excluding hydrogens is 558 g/mol. The maximum Gasteiger partial charge on any atom is 0.262 e. The van der Waals surface area contributed by atoms with E-state index in [1.165, 1.54) is 5.56 Å². The summed E-state index contributed by atoms with van der Waals surface area (Å²) in [6.45, 7) is 14.2. The molecule has 1 aromatic heterocycles. The number of aromatic nitrogens is 2. The average molecular weight is 606 g/mol. The van der Waals surface area contributed by atoms with Gasteiger partial charge in [-0.25, -0.2) is 0 Å². The second-order valence-electron chi connectivity index (χ2n) is 12.3. The molecule has 1 aliphatic rings. The number of fused-ring (bicyclic) bond motifs is 1. The van der Waals surface area contributed by atoms with Gasteiger partial charge in [0.1, 0.15) is 11.4 Å². The molecule has 238 valence electrons. The Hall–Kier alpha value is -3.89. The van der Waals surface area contributed by atoms with Gasteiger partial charge in [0.25, 0.3) is 5.91 Å². The van der Waals surface area contributed by atoms with Crippen LogP contribution < -0.4 is 15.4 Å². The van der Waals surface area contributed by atoms with Crippen LogP contribution in [-0.4, -0.2) is 77.1 Å². The van der Waals surface area contributed by atoms with Crippen molar-refractivity contribution in [1.82, 2.24) is 20.0 Å². The van der Waals surface area contributed by atoms with E-state index in [9.17, 15) is 14.7 Å². The summed E-state index contributed by atoms with van der Waals surface area (Å²) in [5.74, 6) is 0.305. The molecular formula is C34H47N5O5. The molecule has 0 spiro atoms. The van der Waals surface area contributed by atoms with Crippen LogP contribution in [0.15, 0.2) is 48.8 Å². The predicted octanol–water partition coefficient (Wildman–Crippen LogP) is 4.65. The highest BCUT2D eigenvalue weighted by atomic mass is 16.5. The number of aryl methyl sites for hydroxylation is 1. The maximum atomic E-state index is 13.3. The van der Waals surface area contributed by atoms with Crippen molar-refractivity contribution in [2.24, 2.45) is 5.41 Å². The molecule has 10 heteroatoms. The number of ether oxygens (including phenoxy) is 2. The van der Waals surface area contributed by atoms with Crippen molar-refractivity contribution in [3.05, 3.63) is 59.9 Å². The van der Waals surface area contributed by atoms with Crippen LogP contribution in [0.25, 0.3) is 11.1 Å². The van der Waals surface area contributed by atoms with Crippen molar-refractivity contribution in [3.8, 4) is 22.6 Å². The fourth-order valence-corrected chi connectivity index (χ4v) is 5.15. The standard InChI is InChI=1S/C34H47N5O5/c1-6-38-22-28(21-36-38)27-9-7-8-25(20-27)13-18-43-19-14-31(42)39(24(2)34(3,4)5)17-16-35-15-12-26-10-11-29(40)32-33(26)44-23-30(41)37-32/h7-11,20-22,24,35,40H,6,12-19,23H2,1-5H3,(H,37,41)/t24-/m1/s1. The number of carbonyl (C=O) groups is 2. The molecule has 3 N–H and O–H groups in total. The molecule has 0 saturated carbocycles. The van der Waals surface area contributed by atoms with Crippen molar-refractivity contribution >= 4 is 17.5 Å². The summed E-state index contributed by atoms with van der Waals surface area (Å²) in [7, 11) is 0. The molecule has 0 radical (unpaired) electrons. The fourth-order valence-electron chi connectivity index (χ4n) is 5.15. The molecule has 4 rings (SSSR count). The van der Waals surface area contributed by atoms with Gasteiger partial charge < -0.3 is 30.1 Å². The minimum atomic E-state index is -0.284. The van der Waals surface area contributed by atoms with E-state index in [0.717, 1.165) is 29.7 Å². The molecule has 44 heavy (non-hydrogen) atoms. The van der Waals surface area contributed by atoms with Crippen molar-refractivity contribution in [2.45, 2.75) is 66.5 Å². The molecule has 3 aromatic rings. The Bertz CT molecular complexity index is 1410. The van der Waals surface area contributed by atoms with Gasteiger partial charge >= 0.3 is 0 Å². The zero-order valence-electron chi connectivity index (χ0n) is 26.7. The molecule has 0 fully saturated rings. The molecule has 10 nitrogen and oxygen atoms in total. The van der Waals surface area contributed by atoms with Crippen LogP contribution in [0.4, 0.5) is 5.69 Å². The molecule has 0 saturated heterocycles. The van der Waals surface area contributed by atoms with E-state index in [2.05, 4.69) is 80.8 Å². The van der Waals surface area contributed by atoms with Crippen molar-refractivity contribution in [2.75, 3.05) is 44.8 Å². The van der Waals surface area contributed by atoms with Gasteiger partial charge in [0.05, 0.1) is 25.8 Å². The number of nitrogens with zero attached hydrogens (tertiary/aromatic N) is 3. The predicted molar refractivity (Wildman–Crippen MR) is 172 cm³/mol. The Labute approximate surface area is 260 Å². The second kappa shape index (κ2) is 15.2. The third-order valence-corrected chi connectivity index (χ3v) is 8.18. The van der Waals surface area contributed by atoms with Crippen LogP contribution in [-0.2, 0) is 33.7 Å². The van der Waals surface area contributed by atoms with Crippen LogP contribution >= 0.6 is 0 Å². The van der Waals surface area contributed by atoms with E-state index in [-0.39, 0.29) is 35.6 Å². The smallest absolute Gasteiger partial charge is 0.262 e. The lowest BCUT2D eigenvalue weighted by molar-refractivity contribution is -0.136. The Balaban J connectivity index is 1.22. The first-order chi connectivity index (χ1) is 21.1. The Morgan fingerprint density at radius 1 is 1.18 bits per heavy atom. The minimum Gasteiger partial charge on any atom is -0.506 e. The number of amides is 2. The highest BCUT2D eigenvalue weighted by Gasteiger charge is 2.29. The summed E-state index contributed by atoms with van der Waals surface area (Å²) in [5.41, 5.74) is 4.59. The zero-order chi connectivity index (χ0) is 31.7. The highest BCUT2D eigenvalue weighted by molar-refractivity contribution is 5.97. The third kappa shape index (κ3) is 8.83. The van der Waals surface area contributed by atoms with Crippen molar-refractivity contribution < 1.29 is 24.2 Å². The average Bonchev–Trinajstić information content (AvgIpc) is 3.49. The quantitative estimate of drug-likeness (QED) is 0.171. The van der Waals surface area contributed by atoms with E-state index >= 15 is 0 Å². The number of phenols is 1. The molecule has 2 amide bonds. The van der Waals surface area contributed by atoms with Crippen LogP contribution in [0, 0.1) is 5.41 Å². The molecule has 2 aromatic carbocycles. The number of aromatic hydroxyl groups is 1. The number of phenolic OH excluding ortho intramolecular Hbond substituents is 1. The number of rotatable bonds is 15. The Morgan fingerprint density at radius 3 is 2.75 bits per heavy atom. The number of hydrogen-bond donors (Lipinski definition) is 3. The lowest BCUT2D eigenvalue weighted by Crippen LogP contribution is -2.48. The largest absolute Gasteiger partial charge is 0.506 e. The van der Waals surface area contributed by atoms with Gasteiger partial charge in [-0.05, 0) is 61.4 Å². The third-order valence-electron chi connectivity index (χ3n) is 8.18. The fraction of sp³-hybridized carbons (Fsp3) is 0.500. The maximum absolute atomic E-state index is 13.3. The normalized spacial score (nSPS) is 13.6. The zero-order valence-corrected chi connectivity index (χ0v) is 26.7. The molecule has 0 unspecified atom stereocenters. The molecule has 0 bridgehead atoms. The van der Waals surface area contributed by atoms with E-state index < -0.39 is 0 Å². The van der Waals surface area contributed by atoms with E-state index in [0.29, 0.717) is 57.1 Å². The number of carbonyl (C=O) groups excluding carboxylic acids is 2. The SMILES string of the molecule is CCn1cc(-c2cccc(CCOCCC(=O)N(CCNCCc3ccc(O)c4c3OCC(=O)N4)[C@H](C)C(C)(C)C)c2)cn1. The first-order valence-corrected chi connectivity index (χ1v) is 15.5. The van der Waals surface area contributed by atoms with E-state index in [1.54, 1.807) is 6.07 Å². The van der Waals surface area contributed by atoms with Gasteiger partial charge in [-0.3, -0.25) is 14.3 Å². The monoisotopic (exact) mass is 605 g/mol. The topological polar surface area (TPSA) is 118 Å². The molecule has 0 aliphatic carbocycles. The van der Waals surface area contributed by atoms with Crippen LogP contribution in [0.3, 0.4) is 0 Å². The summed E-state index contributed by atoms with van der Waals surface area (Å²) >= 11 is 0. The number of anilines is 1. The van der Waals surface area contributed by atoms with Crippen molar-refractivity contribution in [1.29, 1.82) is 0 Å². The Kier molecular flexibility index (Phi) is 11.4. The van der Waals surface area contributed by atoms with Crippen LogP contribution in [0.2, 0.25) is 0 Å². The van der Waals surface area contributed by atoms with E-state index in [4.69, 9.17) is 9.47 Å². The highest BCUT2D eigenvalue weighted by Crippen LogP contribution is 2.39. The van der Waals surface area contributed by atoms with Crippen molar-refractivity contribution in [3.63, 3.8) is 0 Å². The van der Waals surface area contributed by atoms with Gasteiger partial charge in [0.15, 0.2) is 12.4 Å².